The number of carbonyl (C=O) groups excluding carboxylic acids is 1. The van der Waals surface area contributed by atoms with Crippen LogP contribution in [0.1, 0.15) is 16.1 Å². The van der Waals surface area contributed by atoms with Gasteiger partial charge in [0.1, 0.15) is 0 Å². The molecule has 0 fully saturated rings. The van der Waals surface area contributed by atoms with Gasteiger partial charge in [-0.15, -0.1) is 0 Å². The zero-order chi connectivity index (χ0) is 20.3. The van der Waals surface area contributed by atoms with Crippen LogP contribution in [-0.4, -0.2) is 37.0 Å². The molecule has 28 heavy (non-hydrogen) atoms. The molecule has 1 heterocycles. The largest absolute Gasteiger partial charge is 0.493 e. The standard InChI is InChI=1S/C20H20BrN3O4/c1-12-16(11-22-24(12)15-7-5-13(21)6-8-15)20(25)23-14-9-17(26-2)19(28-4)18(10-14)27-3/h5-11H,1-4H3,(H,23,25). The van der Waals surface area contributed by atoms with Gasteiger partial charge in [-0.05, 0) is 31.2 Å². The molecule has 0 saturated carbocycles. The van der Waals surface area contributed by atoms with Crippen molar-refractivity contribution in [2.24, 2.45) is 0 Å². The fourth-order valence-corrected chi connectivity index (χ4v) is 3.09. The van der Waals surface area contributed by atoms with Gasteiger partial charge >= 0.3 is 0 Å². The number of benzene rings is 2. The molecule has 1 amide bonds. The summed E-state index contributed by atoms with van der Waals surface area (Å²) in [6.07, 6.45) is 1.55. The Morgan fingerprint density at radius 2 is 1.64 bits per heavy atom. The Morgan fingerprint density at radius 3 is 2.18 bits per heavy atom. The highest BCUT2D eigenvalue weighted by molar-refractivity contribution is 9.10. The molecule has 146 valence electrons. The molecule has 1 aromatic heterocycles. The maximum atomic E-state index is 12.8. The molecule has 3 rings (SSSR count). The lowest BCUT2D eigenvalue weighted by Crippen LogP contribution is -2.13. The number of hydrogen-bond donors (Lipinski definition) is 1. The lowest BCUT2D eigenvalue weighted by molar-refractivity contribution is 0.102. The molecule has 0 unspecified atom stereocenters. The van der Waals surface area contributed by atoms with E-state index in [1.165, 1.54) is 21.3 Å². The van der Waals surface area contributed by atoms with Crippen LogP contribution in [0.4, 0.5) is 5.69 Å². The first-order valence-electron chi connectivity index (χ1n) is 8.40. The monoisotopic (exact) mass is 445 g/mol. The predicted octanol–water partition coefficient (Wildman–Crippen LogP) is 4.22. The van der Waals surface area contributed by atoms with Crippen LogP contribution in [0.25, 0.3) is 5.69 Å². The number of rotatable bonds is 6. The second-order valence-corrected chi connectivity index (χ2v) is 6.82. The van der Waals surface area contributed by atoms with Gasteiger partial charge in [-0.3, -0.25) is 4.79 Å². The number of amides is 1. The smallest absolute Gasteiger partial charge is 0.259 e. The van der Waals surface area contributed by atoms with E-state index in [1.54, 1.807) is 23.0 Å². The van der Waals surface area contributed by atoms with Gasteiger partial charge in [0, 0.05) is 22.3 Å². The van der Waals surface area contributed by atoms with Crippen LogP contribution < -0.4 is 19.5 Å². The van der Waals surface area contributed by atoms with Crippen molar-refractivity contribution in [3.8, 4) is 22.9 Å². The van der Waals surface area contributed by atoms with E-state index in [0.717, 1.165) is 15.9 Å². The van der Waals surface area contributed by atoms with Gasteiger partial charge in [-0.2, -0.15) is 5.10 Å². The number of nitrogens with one attached hydrogen (secondary N) is 1. The van der Waals surface area contributed by atoms with Crippen molar-refractivity contribution >= 4 is 27.5 Å². The Bertz CT molecular complexity index is 974. The molecule has 8 heteroatoms. The van der Waals surface area contributed by atoms with Gasteiger partial charge in [0.25, 0.3) is 5.91 Å². The quantitative estimate of drug-likeness (QED) is 0.614. The third-order valence-corrected chi connectivity index (χ3v) is 4.78. The molecule has 0 bridgehead atoms. The summed E-state index contributed by atoms with van der Waals surface area (Å²) >= 11 is 3.41. The lowest BCUT2D eigenvalue weighted by atomic mass is 10.2. The second-order valence-electron chi connectivity index (χ2n) is 5.90. The molecule has 0 radical (unpaired) electrons. The molecular weight excluding hydrogens is 426 g/mol. The molecule has 0 aliphatic heterocycles. The third-order valence-electron chi connectivity index (χ3n) is 4.25. The number of hydrogen-bond acceptors (Lipinski definition) is 5. The summed E-state index contributed by atoms with van der Waals surface area (Å²) in [6.45, 7) is 1.85. The molecule has 0 aliphatic carbocycles. The minimum atomic E-state index is -0.282. The van der Waals surface area contributed by atoms with Gasteiger partial charge in [0.15, 0.2) is 11.5 Å². The maximum Gasteiger partial charge on any atom is 0.259 e. The summed E-state index contributed by atoms with van der Waals surface area (Å²) in [5, 5.41) is 7.20. The van der Waals surface area contributed by atoms with Crippen LogP contribution in [0.15, 0.2) is 47.1 Å². The average Bonchev–Trinajstić information content (AvgIpc) is 3.09. The second kappa shape index (κ2) is 8.35. The summed E-state index contributed by atoms with van der Waals surface area (Å²) in [5.41, 5.74) is 2.59. The van der Waals surface area contributed by atoms with Gasteiger partial charge in [-0.25, -0.2) is 4.68 Å². The van der Waals surface area contributed by atoms with E-state index in [0.29, 0.717) is 28.5 Å². The zero-order valence-corrected chi connectivity index (χ0v) is 17.5. The molecule has 3 aromatic rings. The van der Waals surface area contributed by atoms with Crippen LogP contribution in [-0.2, 0) is 0 Å². The fourth-order valence-electron chi connectivity index (χ4n) is 2.83. The first kappa shape index (κ1) is 19.8. The van der Waals surface area contributed by atoms with Crippen LogP contribution in [0, 0.1) is 6.92 Å². The molecular formula is C20H20BrN3O4. The highest BCUT2D eigenvalue weighted by Gasteiger charge is 2.18. The normalized spacial score (nSPS) is 10.5. The molecule has 7 nitrogen and oxygen atoms in total. The summed E-state index contributed by atoms with van der Waals surface area (Å²) < 4.78 is 18.6. The van der Waals surface area contributed by atoms with Crippen molar-refractivity contribution in [3.05, 3.63) is 58.3 Å². The Kier molecular flexibility index (Phi) is 5.89. The predicted molar refractivity (Wildman–Crippen MR) is 110 cm³/mol. The molecule has 0 spiro atoms. The van der Waals surface area contributed by atoms with Crippen LogP contribution >= 0.6 is 15.9 Å². The van der Waals surface area contributed by atoms with Crippen molar-refractivity contribution in [1.29, 1.82) is 0 Å². The molecule has 0 atom stereocenters. The summed E-state index contributed by atoms with van der Waals surface area (Å²) in [7, 11) is 4.57. The Morgan fingerprint density at radius 1 is 1.04 bits per heavy atom. The highest BCUT2D eigenvalue weighted by atomic mass is 79.9. The average molecular weight is 446 g/mol. The van der Waals surface area contributed by atoms with Crippen molar-refractivity contribution in [2.45, 2.75) is 6.92 Å². The SMILES string of the molecule is COc1cc(NC(=O)c2cnn(-c3ccc(Br)cc3)c2C)cc(OC)c1OC. The zero-order valence-electron chi connectivity index (χ0n) is 15.9. The van der Waals surface area contributed by atoms with E-state index in [4.69, 9.17) is 14.2 Å². The Hall–Kier alpha value is -3.00. The first-order valence-corrected chi connectivity index (χ1v) is 9.19. The van der Waals surface area contributed by atoms with Crippen LogP contribution in [0.3, 0.4) is 0 Å². The lowest BCUT2D eigenvalue weighted by Gasteiger charge is -2.14. The summed E-state index contributed by atoms with van der Waals surface area (Å²) in [4.78, 5) is 12.8. The topological polar surface area (TPSA) is 74.6 Å². The fraction of sp³-hybridized carbons (Fsp3) is 0.200. The summed E-state index contributed by atoms with van der Waals surface area (Å²) in [5.74, 6) is 1.09. The van der Waals surface area contributed by atoms with E-state index in [9.17, 15) is 4.79 Å². The highest BCUT2D eigenvalue weighted by Crippen LogP contribution is 2.40. The minimum absolute atomic E-state index is 0.282. The molecule has 2 aromatic carbocycles. The van der Waals surface area contributed by atoms with Gasteiger partial charge in [-0.1, -0.05) is 15.9 Å². The summed E-state index contributed by atoms with van der Waals surface area (Å²) in [6, 6.07) is 11.0. The van der Waals surface area contributed by atoms with Crippen LogP contribution in [0.2, 0.25) is 0 Å². The molecule has 0 aliphatic rings. The van der Waals surface area contributed by atoms with E-state index in [-0.39, 0.29) is 5.91 Å². The van der Waals surface area contributed by atoms with Gasteiger partial charge in [0.2, 0.25) is 5.75 Å². The molecule has 0 saturated heterocycles. The number of anilines is 1. The third kappa shape index (κ3) is 3.82. The number of halogens is 1. The Balaban J connectivity index is 1.89. The maximum absolute atomic E-state index is 12.8. The number of aromatic nitrogens is 2. The van der Waals surface area contributed by atoms with Crippen molar-refractivity contribution in [1.82, 2.24) is 9.78 Å². The number of carbonyl (C=O) groups is 1. The van der Waals surface area contributed by atoms with Crippen molar-refractivity contribution < 1.29 is 19.0 Å². The van der Waals surface area contributed by atoms with E-state index in [2.05, 4.69) is 26.3 Å². The van der Waals surface area contributed by atoms with E-state index >= 15 is 0 Å². The van der Waals surface area contributed by atoms with Crippen LogP contribution in [0.5, 0.6) is 17.2 Å². The number of ether oxygens (including phenoxy) is 3. The minimum Gasteiger partial charge on any atom is -0.493 e. The van der Waals surface area contributed by atoms with E-state index < -0.39 is 0 Å². The van der Waals surface area contributed by atoms with Crippen molar-refractivity contribution in [3.63, 3.8) is 0 Å². The van der Waals surface area contributed by atoms with Gasteiger partial charge in [0.05, 0.1) is 44.5 Å². The van der Waals surface area contributed by atoms with E-state index in [1.807, 2.05) is 31.2 Å². The Labute approximate surface area is 171 Å². The number of methoxy groups -OCH3 is 3. The number of nitrogens with zero attached hydrogens (tertiary/aromatic N) is 2. The molecule has 1 N–H and O–H groups in total. The van der Waals surface area contributed by atoms with Gasteiger partial charge < -0.3 is 19.5 Å². The van der Waals surface area contributed by atoms with Crippen molar-refractivity contribution in [2.75, 3.05) is 26.6 Å². The first-order chi connectivity index (χ1) is 13.5.